The van der Waals surface area contributed by atoms with Gasteiger partial charge < -0.3 is 16.4 Å². The normalized spacial score (nSPS) is 15.0. The van der Waals surface area contributed by atoms with Crippen molar-refractivity contribution in [3.8, 4) is 0 Å². The molecule has 2 amide bonds. The van der Waals surface area contributed by atoms with Crippen LogP contribution in [0.25, 0.3) is 0 Å². The molecule has 0 bridgehead atoms. The summed E-state index contributed by atoms with van der Waals surface area (Å²) in [6.45, 7) is 1.07. The maximum absolute atomic E-state index is 12.5. The number of nitrogens with zero attached hydrogens (tertiary/aromatic N) is 1. The Hall–Kier alpha value is -1.68. The van der Waals surface area contributed by atoms with Crippen LogP contribution in [-0.2, 0) is 26.2 Å². The highest BCUT2D eigenvalue weighted by molar-refractivity contribution is 7.89. The average molecular weight is 405 g/mol. The van der Waals surface area contributed by atoms with Crippen molar-refractivity contribution >= 4 is 34.2 Å². The van der Waals surface area contributed by atoms with Crippen molar-refractivity contribution in [2.75, 3.05) is 26.2 Å². The van der Waals surface area contributed by atoms with E-state index >= 15 is 0 Å². The number of benzene rings is 1. The quantitative estimate of drug-likeness (QED) is 0.589. The highest BCUT2D eigenvalue weighted by atomic mass is 35.5. The van der Waals surface area contributed by atoms with Gasteiger partial charge in [0.05, 0.1) is 18.0 Å². The van der Waals surface area contributed by atoms with Gasteiger partial charge in [-0.05, 0) is 30.5 Å². The Morgan fingerprint density at radius 1 is 1.00 bits per heavy atom. The average Bonchev–Trinajstić information content (AvgIpc) is 2.65. The van der Waals surface area contributed by atoms with Gasteiger partial charge in [-0.25, -0.2) is 8.42 Å². The molecular formula is C16H25ClN4O4S. The number of piperidine rings is 1. The Labute approximate surface area is 160 Å². The fourth-order valence-electron chi connectivity index (χ4n) is 2.55. The Bertz CT molecular complexity index is 703. The van der Waals surface area contributed by atoms with E-state index in [1.165, 1.54) is 4.31 Å². The van der Waals surface area contributed by atoms with Crippen LogP contribution in [0.1, 0.15) is 24.8 Å². The van der Waals surface area contributed by atoms with Gasteiger partial charge in [0, 0.05) is 19.6 Å². The van der Waals surface area contributed by atoms with Crippen LogP contribution in [0.4, 0.5) is 0 Å². The highest BCUT2D eigenvalue weighted by Gasteiger charge is 2.25. The summed E-state index contributed by atoms with van der Waals surface area (Å²) in [6, 6.07) is 6.47. The number of amides is 2. The van der Waals surface area contributed by atoms with Gasteiger partial charge in [-0.2, -0.15) is 4.31 Å². The van der Waals surface area contributed by atoms with Gasteiger partial charge in [0.15, 0.2) is 0 Å². The second-order valence-electron chi connectivity index (χ2n) is 5.87. The molecule has 1 fully saturated rings. The van der Waals surface area contributed by atoms with E-state index in [1.807, 2.05) is 0 Å². The SMILES string of the molecule is Cl.NCC(=O)NCC(=O)NCc1ccc(S(=O)(=O)N2CCCCC2)cc1. The van der Waals surface area contributed by atoms with E-state index in [4.69, 9.17) is 5.73 Å². The van der Waals surface area contributed by atoms with Gasteiger partial charge >= 0.3 is 0 Å². The standard InChI is InChI=1S/C16H24N4O4S.ClH/c17-10-15(21)19-12-16(22)18-11-13-4-6-14(7-5-13)25(23,24)20-8-2-1-3-9-20;/h4-7H,1-3,8-12,17H2,(H,18,22)(H,19,21);1H. The van der Waals surface area contributed by atoms with Crippen LogP contribution in [0.3, 0.4) is 0 Å². The minimum absolute atomic E-state index is 0. The minimum Gasteiger partial charge on any atom is -0.350 e. The summed E-state index contributed by atoms with van der Waals surface area (Å²) in [5, 5.41) is 5.02. The topological polar surface area (TPSA) is 122 Å². The number of nitrogens with one attached hydrogen (secondary N) is 2. The van der Waals surface area contributed by atoms with Crippen molar-refractivity contribution in [2.24, 2.45) is 5.73 Å². The van der Waals surface area contributed by atoms with Crippen molar-refractivity contribution in [3.63, 3.8) is 0 Å². The van der Waals surface area contributed by atoms with Crippen molar-refractivity contribution in [1.29, 1.82) is 0 Å². The zero-order chi connectivity index (χ0) is 18.3. The van der Waals surface area contributed by atoms with Gasteiger partial charge in [-0.15, -0.1) is 12.4 Å². The van der Waals surface area contributed by atoms with Crippen LogP contribution >= 0.6 is 12.4 Å². The summed E-state index contributed by atoms with van der Waals surface area (Å²) in [6.07, 6.45) is 2.85. The van der Waals surface area contributed by atoms with Crippen LogP contribution in [0.5, 0.6) is 0 Å². The lowest BCUT2D eigenvalue weighted by molar-refractivity contribution is -0.125. The molecule has 0 saturated carbocycles. The number of sulfonamides is 1. The number of halogens is 1. The monoisotopic (exact) mass is 404 g/mol. The van der Waals surface area contributed by atoms with E-state index in [1.54, 1.807) is 24.3 Å². The minimum atomic E-state index is -3.44. The second kappa shape index (κ2) is 10.5. The molecule has 0 radical (unpaired) electrons. The number of carbonyl (C=O) groups is 2. The molecule has 0 atom stereocenters. The molecule has 8 nitrogen and oxygen atoms in total. The number of carbonyl (C=O) groups excluding carboxylic acids is 2. The Morgan fingerprint density at radius 3 is 2.19 bits per heavy atom. The van der Waals surface area contributed by atoms with Crippen molar-refractivity contribution in [3.05, 3.63) is 29.8 Å². The molecule has 2 rings (SSSR count). The third kappa shape index (κ3) is 6.24. The van der Waals surface area contributed by atoms with Crippen molar-refractivity contribution in [1.82, 2.24) is 14.9 Å². The molecule has 0 aliphatic carbocycles. The first-order valence-electron chi connectivity index (χ1n) is 8.26. The third-order valence-corrected chi connectivity index (χ3v) is 5.91. The Balaban J connectivity index is 0.00000338. The fourth-order valence-corrected chi connectivity index (χ4v) is 4.06. The summed E-state index contributed by atoms with van der Waals surface area (Å²) < 4.78 is 26.6. The maximum Gasteiger partial charge on any atom is 0.243 e. The molecule has 0 unspecified atom stereocenters. The van der Waals surface area contributed by atoms with E-state index in [0.29, 0.717) is 13.1 Å². The van der Waals surface area contributed by atoms with Crippen molar-refractivity contribution < 1.29 is 18.0 Å². The van der Waals surface area contributed by atoms with Gasteiger partial charge in [-0.3, -0.25) is 9.59 Å². The number of rotatable bonds is 7. The zero-order valence-electron chi connectivity index (χ0n) is 14.4. The first-order chi connectivity index (χ1) is 11.9. The predicted molar refractivity (Wildman–Crippen MR) is 100 cm³/mol. The summed E-state index contributed by atoms with van der Waals surface area (Å²) in [5.41, 5.74) is 5.90. The Morgan fingerprint density at radius 2 is 1.62 bits per heavy atom. The lowest BCUT2D eigenvalue weighted by Crippen LogP contribution is -2.39. The largest absolute Gasteiger partial charge is 0.350 e. The van der Waals surface area contributed by atoms with Crippen LogP contribution in [0, 0.1) is 0 Å². The molecule has 10 heteroatoms. The van der Waals surface area contributed by atoms with Gasteiger partial charge in [0.2, 0.25) is 21.8 Å². The summed E-state index contributed by atoms with van der Waals surface area (Å²) >= 11 is 0. The molecule has 146 valence electrons. The van der Waals surface area contributed by atoms with E-state index < -0.39 is 15.9 Å². The molecule has 1 aliphatic heterocycles. The summed E-state index contributed by atoms with van der Waals surface area (Å²) in [5.74, 6) is -0.741. The number of hydrogen-bond donors (Lipinski definition) is 3. The first kappa shape index (κ1) is 22.4. The molecule has 4 N–H and O–H groups in total. The molecule has 1 saturated heterocycles. The lowest BCUT2D eigenvalue weighted by Gasteiger charge is -2.25. The molecule has 1 aliphatic rings. The molecule has 26 heavy (non-hydrogen) atoms. The van der Waals surface area contributed by atoms with Gasteiger partial charge in [-0.1, -0.05) is 18.6 Å². The molecule has 1 aromatic carbocycles. The molecule has 0 spiro atoms. The number of hydrogen-bond acceptors (Lipinski definition) is 5. The van der Waals surface area contributed by atoms with E-state index in [9.17, 15) is 18.0 Å². The van der Waals surface area contributed by atoms with Crippen LogP contribution in [-0.4, -0.2) is 50.7 Å². The third-order valence-electron chi connectivity index (χ3n) is 4.00. The summed E-state index contributed by atoms with van der Waals surface area (Å²) in [4.78, 5) is 22.8. The second-order valence-corrected chi connectivity index (χ2v) is 7.80. The van der Waals surface area contributed by atoms with Crippen LogP contribution in [0.2, 0.25) is 0 Å². The molecular weight excluding hydrogens is 380 g/mol. The lowest BCUT2D eigenvalue weighted by atomic mass is 10.2. The fraction of sp³-hybridized carbons (Fsp3) is 0.500. The molecule has 1 heterocycles. The first-order valence-corrected chi connectivity index (χ1v) is 9.70. The van der Waals surface area contributed by atoms with Crippen LogP contribution < -0.4 is 16.4 Å². The maximum atomic E-state index is 12.5. The predicted octanol–water partition coefficient (Wildman–Crippen LogP) is -0.0259. The van der Waals surface area contributed by atoms with E-state index in [0.717, 1.165) is 24.8 Å². The van der Waals surface area contributed by atoms with Crippen molar-refractivity contribution in [2.45, 2.75) is 30.7 Å². The van der Waals surface area contributed by atoms with E-state index in [-0.39, 0.29) is 42.8 Å². The zero-order valence-corrected chi connectivity index (χ0v) is 16.1. The van der Waals surface area contributed by atoms with E-state index in [2.05, 4.69) is 10.6 Å². The van der Waals surface area contributed by atoms with Crippen LogP contribution in [0.15, 0.2) is 29.2 Å². The smallest absolute Gasteiger partial charge is 0.243 e. The summed E-state index contributed by atoms with van der Waals surface area (Å²) in [7, 11) is -3.44. The Kier molecular flexibility index (Phi) is 9.00. The molecule has 1 aromatic rings. The molecule has 0 aromatic heterocycles. The van der Waals surface area contributed by atoms with Gasteiger partial charge in [0.25, 0.3) is 0 Å². The van der Waals surface area contributed by atoms with Gasteiger partial charge in [0.1, 0.15) is 0 Å². The number of nitrogens with two attached hydrogens (primary N) is 1. The highest BCUT2D eigenvalue weighted by Crippen LogP contribution is 2.20.